The first-order chi connectivity index (χ1) is 15.0. The summed E-state index contributed by atoms with van der Waals surface area (Å²) in [5.41, 5.74) is 5.62. The number of aromatic amines is 1. The van der Waals surface area contributed by atoms with Crippen molar-refractivity contribution in [2.45, 2.75) is 45.4 Å². The molecule has 1 aromatic carbocycles. The summed E-state index contributed by atoms with van der Waals surface area (Å²) in [6, 6.07) is 7.69. The number of nitriles is 1. The number of H-pyrrole nitrogens is 1. The van der Waals surface area contributed by atoms with E-state index in [-0.39, 0.29) is 6.61 Å². The molecule has 0 radical (unpaired) electrons. The van der Waals surface area contributed by atoms with Gasteiger partial charge in [-0.25, -0.2) is 4.79 Å². The Kier molecular flexibility index (Phi) is 5.03. The van der Waals surface area contributed by atoms with Crippen molar-refractivity contribution in [1.29, 1.82) is 5.26 Å². The third-order valence-electron chi connectivity index (χ3n) is 6.29. The van der Waals surface area contributed by atoms with Gasteiger partial charge in [0.15, 0.2) is 6.61 Å². The molecule has 0 saturated heterocycles. The van der Waals surface area contributed by atoms with Crippen molar-refractivity contribution in [2.75, 3.05) is 11.9 Å². The lowest BCUT2D eigenvalue weighted by molar-refractivity contribution is -0.119. The van der Waals surface area contributed by atoms with Crippen LogP contribution < -0.4 is 5.32 Å². The molecule has 2 aliphatic carbocycles. The van der Waals surface area contributed by atoms with Crippen LogP contribution in [-0.2, 0) is 35.2 Å². The van der Waals surface area contributed by atoms with Crippen molar-refractivity contribution in [3.63, 3.8) is 0 Å². The number of fused-ring (bicyclic) bond motifs is 4. The number of nitrogens with one attached hydrogen (secondary N) is 2. The first-order valence-electron chi connectivity index (χ1n) is 10.7. The second-order valence-corrected chi connectivity index (χ2v) is 9.59. The van der Waals surface area contributed by atoms with Crippen LogP contribution in [0.1, 0.15) is 57.4 Å². The van der Waals surface area contributed by atoms with Crippen LogP contribution in [0.5, 0.6) is 0 Å². The average molecular weight is 434 g/mol. The fraction of sp³-hybridized carbons (Fsp3) is 0.375. The van der Waals surface area contributed by atoms with Crippen molar-refractivity contribution >= 4 is 39.1 Å². The van der Waals surface area contributed by atoms with E-state index >= 15 is 0 Å². The van der Waals surface area contributed by atoms with Crippen molar-refractivity contribution in [3.05, 3.63) is 51.0 Å². The predicted molar refractivity (Wildman–Crippen MR) is 119 cm³/mol. The number of aromatic nitrogens is 1. The average Bonchev–Trinajstić information content (AvgIpc) is 3.44. The molecule has 1 unspecified atom stereocenters. The topological polar surface area (TPSA) is 95.0 Å². The summed E-state index contributed by atoms with van der Waals surface area (Å²) in [5.74, 6) is -0.327. The van der Waals surface area contributed by atoms with Gasteiger partial charge in [0.05, 0.1) is 11.1 Å². The zero-order chi connectivity index (χ0) is 21.5. The first kappa shape index (κ1) is 19.8. The van der Waals surface area contributed by atoms with Gasteiger partial charge in [0, 0.05) is 21.5 Å². The third-order valence-corrected chi connectivity index (χ3v) is 7.50. The lowest BCUT2D eigenvalue weighted by Gasteiger charge is -2.18. The molecule has 2 heterocycles. The van der Waals surface area contributed by atoms with E-state index in [2.05, 4.69) is 23.3 Å². The third kappa shape index (κ3) is 3.61. The zero-order valence-electron chi connectivity index (χ0n) is 17.3. The SMILES string of the molecule is CC1CCc2[nH]c3ccc(C(=O)OCC(=O)Nc4sc5c(c4C#N)CCC5)cc3c2C1. The van der Waals surface area contributed by atoms with Crippen molar-refractivity contribution in [3.8, 4) is 6.07 Å². The molecule has 2 aliphatic rings. The Labute approximate surface area is 184 Å². The minimum atomic E-state index is -0.523. The number of thiophene rings is 1. The van der Waals surface area contributed by atoms with E-state index in [0.717, 1.165) is 48.6 Å². The van der Waals surface area contributed by atoms with E-state index in [9.17, 15) is 14.9 Å². The minimum absolute atomic E-state index is 0.382. The number of esters is 1. The monoisotopic (exact) mass is 433 g/mol. The van der Waals surface area contributed by atoms with Gasteiger partial charge in [-0.1, -0.05) is 6.92 Å². The van der Waals surface area contributed by atoms with Crippen molar-refractivity contribution in [1.82, 2.24) is 4.98 Å². The van der Waals surface area contributed by atoms with Gasteiger partial charge in [0.25, 0.3) is 5.91 Å². The number of nitrogens with zero attached hydrogens (tertiary/aromatic N) is 1. The van der Waals surface area contributed by atoms with E-state index in [1.54, 1.807) is 6.07 Å². The second kappa shape index (κ2) is 7.86. The Morgan fingerprint density at radius 3 is 3.00 bits per heavy atom. The van der Waals surface area contributed by atoms with Crippen molar-refractivity contribution < 1.29 is 14.3 Å². The molecule has 7 heteroatoms. The predicted octanol–water partition coefficient (Wildman–Crippen LogP) is 4.51. The van der Waals surface area contributed by atoms with E-state index < -0.39 is 11.9 Å². The fourth-order valence-electron chi connectivity index (χ4n) is 4.71. The largest absolute Gasteiger partial charge is 0.452 e. The number of aryl methyl sites for hydroxylation is 2. The highest BCUT2D eigenvalue weighted by Gasteiger charge is 2.24. The summed E-state index contributed by atoms with van der Waals surface area (Å²) >= 11 is 1.45. The number of hydrogen-bond acceptors (Lipinski definition) is 5. The maximum atomic E-state index is 12.6. The number of hydrogen-bond donors (Lipinski definition) is 2. The van der Waals surface area contributed by atoms with Gasteiger partial charge in [-0.05, 0) is 73.8 Å². The van der Waals surface area contributed by atoms with Crippen LogP contribution in [0.15, 0.2) is 18.2 Å². The molecule has 2 N–H and O–H groups in total. The van der Waals surface area contributed by atoms with Crippen LogP contribution in [-0.4, -0.2) is 23.5 Å². The van der Waals surface area contributed by atoms with E-state index in [1.807, 2.05) is 12.1 Å². The Balaban J connectivity index is 1.27. The fourth-order valence-corrected chi connectivity index (χ4v) is 5.96. The number of benzene rings is 1. The number of rotatable bonds is 4. The maximum Gasteiger partial charge on any atom is 0.338 e. The van der Waals surface area contributed by atoms with Crippen molar-refractivity contribution in [2.24, 2.45) is 5.92 Å². The normalized spacial score (nSPS) is 17.1. The number of amides is 1. The van der Waals surface area contributed by atoms with Gasteiger partial charge in [0.1, 0.15) is 11.1 Å². The molecule has 1 amide bonds. The molecular weight excluding hydrogens is 410 g/mol. The molecule has 6 nitrogen and oxygen atoms in total. The molecule has 0 spiro atoms. The van der Waals surface area contributed by atoms with Crippen LogP contribution in [0.3, 0.4) is 0 Å². The van der Waals surface area contributed by atoms with E-state index in [0.29, 0.717) is 22.0 Å². The van der Waals surface area contributed by atoms with Gasteiger partial charge >= 0.3 is 5.97 Å². The quantitative estimate of drug-likeness (QED) is 0.592. The van der Waals surface area contributed by atoms with E-state index in [4.69, 9.17) is 4.74 Å². The van der Waals surface area contributed by atoms with Gasteiger partial charge in [-0.2, -0.15) is 5.26 Å². The molecule has 2 aromatic heterocycles. The molecule has 0 aliphatic heterocycles. The Hall–Kier alpha value is -3.11. The highest BCUT2D eigenvalue weighted by Crippen LogP contribution is 2.38. The second-order valence-electron chi connectivity index (χ2n) is 8.49. The molecule has 0 bridgehead atoms. The molecule has 1 atom stereocenters. The molecule has 5 rings (SSSR count). The Morgan fingerprint density at radius 1 is 1.29 bits per heavy atom. The molecular formula is C24H23N3O3S. The highest BCUT2D eigenvalue weighted by atomic mass is 32.1. The van der Waals surface area contributed by atoms with Gasteiger partial charge in [0.2, 0.25) is 0 Å². The summed E-state index contributed by atoms with van der Waals surface area (Å²) in [4.78, 5) is 29.6. The Morgan fingerprint density at radius 2 is 2.16 bits per heavy atom. The van der Waals surface area contributed by atoms with Crippen LogP contribution in [0, 0.1) is 17.2 Å². The van der Waals surface area contributed by atoms with Gasteiger partial charge < -0.3 is 15.0 Å². The Bertz CT molecular complexity index is 1250. The number of anilines is 1. The van der Waals surface area contributed by atoms with Crippen LogP contribution in [0.25, 0.3) is 10.9 Å². The standard InChI is InChI=1S/C24H23N3O3S/c1-13-5-7-19-16(9-13)17-10-14(6-8-20(17)26-19)24(29)30-12-22(28)27-23-18(11-25)15-3-2-4-21(15)31-23/h6,8,10,13,26H,2-5,7,9,12H2,1H3,(H,27,28). The van der Waals surface area contributed by atoms with E-state index in [1.165, 1.54) is 33.9 Å². The van der Waals surface area contributed by atoms with Gasteiger partial charge in [-0.15, -0.1) is 11.3 Å². The minimum Gasteiger partial charge on any atom is -0.452 e. The summed E-state index contributed by atoms with van der Waals surface area (Å²) < 4.78 is 5.26. The highest BCUT2D eigenvalue weighted by molar-refractivity contribution is 7.16. The maximum absolute atomic E-state index is 12.6. The summed E-state index contributed by atoms with van der Waals surface area (Å²) in [6.45, 7) is 1.87. The number of carbonyl (C=O) groups is 2. The summed E-state index contributed by atoms with van der Waals surface area (Å²) in [7, 11) is 0. The molecule has 0 fully saturated rings. The number of ether oxygens (including phenoxy) is 1. The van der Waals surface area contributed by atoms with Gasteiger partial charge in [-0.3, -0.25) is 4.79 Å². The smallest absolute Gasteiger partial charge is 0.338 e. The van der Waals surface area contributed by atoms with Crippen LogP contribution in [0.2, 0.25) is 0 Å². The lowest BCUT2D eigenvalue weighted by Crippen LogP contribution is -2.21. The van der Waals surface area contributed by atoms with Crippen LogP contribution >= 0.6 is 11.3 Å². The number of carbonyl (C=O) groups excluding carboxylic acids is 2. The molecule has 158 valence electrons. The molecule has 0 saturated carbocycles. The first-order valence-corrected chi connectivity index (χ1v) is 11.5. The zero-order valence-corrected chi connectivity index (χ0v) is 18.2. The molecule has 31 heavy (non-hydrogen) atoms. The van der Waals surface area contributed by atoms with Crippen LogP contribution in [0.4, 0.5) is 5.00 Å². The summed E-state index contributed by atoms with van der Waals surface area (Å²) in [6.07, 6.45) is 6.08. The summed E-state index contributed by atoms with van der Waals surface area (Å²) in [5, 5.41) is 13.8. The lowest BCUT2D eigenvalue weighted by atomic mass is 9.87. The molecule has 3 aromatic rings.